The van der Waals surface area contributed by atoms with Crippen LogP contribution in [0.1, 0.15) is 127 Å². The summed E-state index contributed by atoms with van der Waals surface area (Å²) in [6.45, 7) is 8.92. The van der Waals surface area contributed by atoms with Gasteiger partial charge in [0, 0.05) is 6.42 Å². The molecule has 4 unspecified atom stereocenters. The molecule has 3 aliphatic carbocycles. The van der Waals surface area contributed by atoms with Crippen LogP contribution in [0.4, 0.5) is 22.0 Å². The van der Waals surface area contributed by atoms with Crippen LogP contribution in [0.25, 0.3) is 0 Å². The number of hydrogen-bond donors (Lipinski definition) is 2. The summed E-state index contributed by atoms with van der Waals surface area (Å²) < 4.78 is 66.1. The number of thioether (sulfide) groups is 1. The molecule has 1 aromatic rings. The molecule has 246 valence electrons. The SMILES string of the molecule is C=C1CCC2C3C[C@H](O)c4cc(OSN)ccc4C3CCC12C.CCCCCCCCCSCCCC(F)(F)C(F)(F)F. The zero-order valence-electron chi connectivity index (χ0n) is 25.7. The fourth-order valence-electron chi connectivity index (χ4n) is 7.38. The third-order valence-corrected chi connectivity index (χ3v) is 11.4. The molecule has 3 nitrogen and oxygen atoms in total. The van der Waals surface area contributed by atoms with Gasteiger partial charge in [-0.2, -0.15) is 33.7 Å². The minimum Gasteiger partial charge on any atom is -0.410 e. The average molecular weight is 652 g/mol. The second kappa shape index (κ2) is 16.5. The van der Waals surface area contributed by atoms with Crippen molar-refractivity contribution in [3.8, 4) is 5.75 Å². The van der Waals surface area contributed by atoms with Crippen molar-refractivity contribution in [1.29, 1.82) is 0 Å². The van der Waals surface area contributed by atoms with E-state index in [9.17, 15) is 27.1 Å². The van der Waals surface area contributed by atoms with Gasteiger partial charge in [-0.1, -0.05) is 70.6 Å². The second-order valence-corrected chi connectivity index (χ2v) is 14.3. The van der Waals surface area contributed by atoms with Gasteiger partial charge in [-0.05, 0) is 103 Å². The fraction of sp³-hybridized carbons (Fsp3) is 0.758. The number of alkyl halides is 5. The van der Waals surface area contributed by atoms with Crippen LogP contribution in [0, 0.1) is 17.3 Å². The third kappa shape index (κ3) is 9.52. The molecule has 0 aromatic heterocycles. The van der Waals surface area contributed by atoms with Gasteiger partial charge >= 0.3 is 12.1 Å². The highest BCUT2D eigenvalue weighted by molar-refractivity contribution is 7.99. The smallest absolute Gasteiger partial charge is 0.410 e. The predicted octanol–water partition coefficient (Wildman–Crippen LogP) is 10.9. The molecule has 2 saturated carbocycles. The van der Waals surface area contributed by atoms with E-state index in [2.05, 4.69) is 26.5 Å². The molecular weight excluding hydrogens is 601 g/mol. The predicted molar refractivity (Wildman–Crippen MR) is 169 cm³/mol. The van der Waals surface area contributed by atoms with Gasteiger partial charge in [-0.25, -0.2) is 5.14 Å². The van der Waals surface area contributed by atoms with E-state index < -0.39 is 24.6 Å². The fourth-order valence-corrected chi connectivity index (χ4v) is 8.56. The van der Waals surface area contributed by atoms with Gasteiger partial charge in [0.2, 0.25) is 0 Å². The molecule has 0 heterocycles. The van der Waals surface area contributed by atoms with Crippen LogP contribution >= 0.6 is 24.0 Å². The van der Waals surface area contributed by atoms with Crippen molar-refractivity contribution in [2.45, 2.75) is 128 Å². The van der Waals surface area contributed by atoms with Crippen molar-refractivity contribution in [2.75, 3.05) is 11.5 Å². The van der Waals surface area contributed by atoms with Gasteiger partial charge < -0.3 is 9.29 Å². The van der Waals surface area contributed by atoms with Crippen molar-refractivity contribution in [3.63, 3.8) is 0 Å². The van der Waals surface area contributed by atoms with Crippen molar-refractivity contribution in [3.05, 3.63) is 41.5 Å². The number of halogens is 5. The van der Waals surface area contributed by atoms with Crippen LogP contribution in [-0.4, -0.2) is 28.7 Å². The Labute approximate surface area is 263 Å². The molecule has 0 saturated heterocycles. The quantitative estimate of drug-likeness (QED) is 0.0689. The maximum atomic E-state index is 12.6. The first-order chi connectivity index (χ1) is 20.4. The van der Waals surface area contributed by atoms with E-state index in [1.807, 2.05) is 12.1 Å². The normalized spacial score (nSPS) is 26.7. The number of aliphatic hydroxyl groups excluding tert-OH is 1. The number of benzene rings is 1. The molecule has 2 fully saturated rings. The Balaban J connectivity index is 0.000000239. The van der Waals surface area contributed by atoms with Crippen LogP contribution in [-0.2, 0) is 0 Å². The first-order valence-electron chi connectivity index (χ1n) is 15.9. The van der Waals surface area contributed by atoms with E-state index in [1.54, 1.807) is 0 Å². The molecular formula is C33H50F5NO2S2. The van der Waals surface area contributed by atoms with Crippen molar-refractivity contribution in [1.82, 2.24) is 0 Å². The van der Waals surface area contributed by atoms with Crippen molar-refractivity contribution < 1.29 is 31.2 Å². The van der Waals surface area contributed by atoms with E-state index in [4.69, 9.17) is 9.32 Å². The summed E-state index contributed by atoms with van der Waals surface area (Å²) in [7, 11) is 0. The van der Waals surface area contributed by atoms with Gasteiger partial charge in [0.05, 0.1) is 6.10 Å². The lowest BCUT2D eigenvalue weighted by molar-refractivity contribution is -0.284. The lowest BCUT2D eigenvalue weighted by atomic mass is 9.55. The van der Waals surface area contributed by atoms with E-state index in [0.29, 0.717) is 23.5 Å². The molecule has 0 aliphatic heterocycles. The van der Waals surface area contributed by atoms with Crippen LogP contribution < -0.4 is 9.32 Å². The van der Waals surface area contributed by atoms with Gasteiger partial charge in [0.25, 0.3) is 0 Å². The Kier molecular flexibility index (Phi) is 14.0. The Bertz CT molecular complexity index is 1020. The lowest BCUT2D eigenvalue weighted by Crippen LogP contribution is -2.41. The molecule has 1 aromatic carbocycles. The molecule has 0 amide bonds. The van der Waals surface area contributed by atoms with Gasteiger partial charge in [0.15, 0.2) is 0 Å². The van der Waals surface area contributed by atoms with Crippen LogP contribution in [0.3, 0.4) is 0 Å². The summed E-state index contributed by atoms with van der Waals surface area (Å²) >= 11 is 2.32. The summed E-state index contributed by atoms with van der Waals surface area (Å²) in [4.78, 5) is 0. The highest BCUT2D eigenvalue weighted by Crippen LogP contribution is 2.63. The van der Waals surface area contributed by atoms with Crippen LogP contribution in [0.2, 0.25) is 0 Å². The number of aliphatic hydroxyl groups is 1. The summed E-state index contributed by atoms with van der Waals surface area (Å²) in [5, 5.41) is 16.1. The Morgan fingerprint density at radius 1 is 1.00 bits per heavy atom. The minimum absolute atomic E-state index is 0.0896. The van der Waals surface area contributed by atoms with Gasteiger partial charge in [-0.3, -0.25) is 0 Å². The highest BCUT2D eigenvalue weighted by atomic mass is 32.2. The van der Waals surface area contributed by atoms with E-state index in [1.165, 1.54) is 74.3 Å². The van der Waals surface area contributed by atoms with Gasteiger partial charge in [0.1, 0.15) is 18.0 Å². The average Bonchev–Trinajstić information content (AvgIpc) is 3.26. The monoisotopic (exact) mass is 651 g/mol. The molecule has 43 heavy (non-hydrogen) atoms. The Morgan fingerprint density at radius 3 is 2.35 bits per heavy atom. The Hall–Kier alpha value is -0.970. The molecule has 4 rings (SSSR count). The standard InChI is InChI=1S/C19H25NO2S.C14H25F5S/c1-11-3-6-17-15-10-18(21)16-9-12(22-23-20)4-5-13(16)14(15)7-8-19(11,17)2;1-2-3-4-5-6-7-8-11-20-12-9-10-13(15,16)14(17,18)19/h4-5,9,14-15,17-18,21H,1,3,6-8,10,20H2,2H3;2-12H2,1H3/t14?,15?,17?,18-,19?;/m0./s1. The number of nitrogens with two attached hydrogens (primary N) is 1. The maximum Gasteiger partial charge on any atom is 0.453 e. The molecule has 3 aliphatic rings. The lowest BCUT2D eigenvalue weighted by Gasteiger charge is -2.50. The molecule has 0 bridgehead atoms. The zero-order chi connectivity index (χ0) is 31.7. The van der Waals surface area contributed by atoms with E-state index in [0.717, 1.165) is 55.0 Å². The minimum atomic E-state index is -5.41. The number of hydrogen-bond acceptors (Lipinski definition) is 5. The van der Waals surface area contributed by atoms with Crippen molar-refractivity contribution >= 4 is 24.0 Å². The molecule has 3 N–H and O–H groups in total. The third-order valence-electron chi connectivity index (χ3n) is 9.93. The number of fused-ring (bicyclic) bond motifs is 5. The Morgan fingerprint density at radius 2 is 1.67 bits per heavy atom. The number of allylic oxidation sites excluding steroid dienone is 1. The van der Waals surface area contributed by atoms with E-state index in [-0.39, 0.29) is 11.8 Å². The first-order valence-corrected chi connectivity index (χ1v) is 17.9. The summed E-state index contributed by atoms with van der Waals surface area (Å²) in [5.74, 6) is -0.765. The van der Waals surface area contributed by atoms with Gasteiger partial charge in [-0.15, -0.1) is 0 Å². The molecule has 0 spiro atoms. The van der Waals surface area contributed by atoms with Crippen molar-refractivity contribution in [2.24, 2.45) is 22.4 Å². The largest absolute Gasteiger partial charge is 0.453 e. The second-order valence-electron chi connectivity index (χ2n) is 12.7. The molecule has 5 atom stereocenters. The number of rotatable bonds is 14. The maximum absolute atomic E-state index is 12.6. The van der Waals surface area contributed by atoms with Crippen LogP contribution in [0.15, 0.2) is 30.4 Å². The van der Waals surface area contributed by atoms with E-state index >= 15 is 0 Å². The van der Waals surface area contributed by atoms with Crippen LogP contribution in [0.5, 0.6) is 5.75 Å². The number of unbranched alkanes of at least 4 members (excludes halogenated alkanes) is 6. The topological polar surface area (TPSA) is 55.5 Å². The summed E-state index contributed by atoms with van der Waals surface area (Å²) in [5.41, 5.74) is 4.09. The molecule has 0 radical (unpaired) electrons. The summed E-state index contributed by atoms with van der Waals surface area (Å²) in [6, 6.07) is 6.10. The zero-order valence-corrected chi connectivity index (χ0v) is 27.3. The molecule has 10 heteroatoms. The summed E-state index contributed by atoms with van der Waals surface area (Å²) in [6.07, 6.45) is 7.01. The highest BCUT2D eigenvalue weighted by Gasteiger charge is 2.56. The first kappa shape index (κ1) is 36.5.